The van der Waals surface area contributed by atoms with Gasteiger partial charge in [-0.05, 0) is 13.0 Å². The van der Waals surface area contributed by atoms with Crippen LogP contribution in [-0.4, -0.2) is 12.1 Å². The molecule has 0 radical (unpaired) electrons. The molecule has 0 fully saturated rings. The SMILES string of the molecule is Cc1sc(C=O)cc1C(=O)C(C)C. The summed E-state index contributed by atoms with van der Waals surface area (Å²) in [5.74, 6) is 0.106. The number of Topliss-reactive ketones (excluding diaryl/α,β-unsaturated/α-hetero) is 1. The molecule has 1 aromatic rings. The molecule has 3 heteroatoms. The van der Waals surface area contributed by atoms with Crippen molar-refractivity contribution in [2.75, 3.05) is 0 Å². The quantitative estimate of drug-likeness (QED) is 0.550. The van der Waals surface area contributed by atoms with E-state index in [0.29, 0.717) is 10.4 Å². The molecule has 13 heavy (non-hydrogen) atoms. The van der Waals surface area contributed by atoms with Gasteiger partial charge in [-0.2, -0.15) is 0 Å². The monoisotopic (exact) mass is 196 g/mol. The van der Waals surface area contributed by atoms with E-state index in [1.54, 1.807) is 6.07 Å². The number of rotatable bonds is 3. The maximum atomic E-state index is 11.6. The molecule has 70 valence electrons. The molecule has 0 aromatic carbocycles. The lowest BCUT2D eigenvalue weighted by molar-refractivity contribution is 0.0939. The third-order valence-corrected chi connectivity index (χ3v) is 2.82. The Morgan fingerprint density at radius 1 is 1.54 bits per heavy atom. The van der Waals surface area contributed by atoms with Gasteiger partial charge in [-0.15, -0.1) is 11.3 Å². The van der Waals surface area contributed by atoms with Gasteiger partial charge in [0.2, 0.25) is 0 Å². The minimum Gasteiger partial charge on any atom is -0.297 e. The van der Waals surface area contributed by atoms with Crippen LogP contribution in [0.15, 0.2) is 6.07 Å². The first kappa shape index (κ1) is 10.1. The molecular formula is C10H12O2S. The molecule has 0 saturated heterocycles. The highest BCUT2D eigenvalue weighted by Gasteiger charge is 2.15. The fourth-order valence-corrected chi connectivity index (χ4v) is 1.97. The molecule has 2 nitrogen and oxygen atoms in total. The van der Waals surface area contributed by atoms with E-state index in [2.05, 4.69) is 0 Å². The fourth-order valence-electron chi connectivity index (χ4n) is 1.12. The number of carbonyl (C=O) groups excluding carboxylic acids is 2. The van der Waals surface area contributed by atoms with Crippen molar-refractivity contribution in [3.63, 3.8) is 0 Å². The number of ketones is 1. The van der Waals surface area contributed by atoms with Gasteiger partial charge >= 0.3 is 0 Å². The van der Waals surface area contributed by atoms with Crippen LogP contribution in [0.2, 0.25) is 0 Å². The lowest BCUT2D eigenvalue weighted by atomic mass is 10.0. The number of carbonyl (C=O) groups is 2. The smallest absolute Gasteiger partial charge is 0.166 e. The van der Waals surface area contributed by atoms with Crippen LogP contribution in [0.25, 0.3) is 0 Å². The molecule has 0 aliphatic heterocycles. The Kier molecular flexibility index (Phi) is 2.98. The van der Waals surface area contributed by atoms with Crippen LogP contribution in [0.4, 0.5) is 0 Å². The van der Waals surface area contributed by atoms with Gasteiger partial charge in [-0.25, -0.2) is 0 Å². The van der Waals surface area contributed by atoms with E-state index in [1.807, 2.05) is 20.8 Å². The molecule has 0 amide bonds. The van der Waals surface area contributed by atoms with Crippen LogP contribution in [0.3, 0.4) is 0 Å². The molecule has 0 saturated carbocycles. The fraction of sp³-hybridized carbons (Fsp3) is 0.400. The van der Waals surface area contributed by atoms with Crippen molar-refractivity contribution in [1.29, 1.82) is 0 Å². The summed E-state index contributed by atoms with van der Waals surface area (Å²) in [6.45, 7) is 5.59. The van der Waals surface area contributed by atoms with Gasteiger partial charge in [-0.3, -0.25) is 9.59 Å². The Morgan fingerprint density at radius 2 is 2.15 bits per heavy atom. The Labute approximate surface area is 81.6 Å². The van der Waals surface area contributed by atoms with E-state index in [4.69, 9.17) is 0 Å². The molecule has 0 aliphatic carbocycles. The zero-order valence-corrected chi connectivity index (χ0v) is 8.77. The molecule has 0 unspecified atom stereocenters. The average molecular weight is 196 g/mol. The van der Waals surface area contributed by atoms with E-state index >= 15 is 0 Å². The van der Waals surface area contributed by atoms with Crippen LogP contribution in [0.1, 0.15) is 38.8 Å². The Bertz CT molecular complexity index is 337. The summed E-state index contributed by atoms with van der Waals surface area (Å²) in [7, 11) is 0. The Balaban J connectivity index is 3.07. The molecule has 0 bridgehead atoms. The average Bonchev–Trinajstić information content (AvgIpc) is 2.45. The van der Waals surface area contributed by atoms with E-state index < -0.39 is 0 Å². The largest absolute Gasteiger partial charge is 0.297 e. The second-order valence-electron chi connectivity index (χ2n) is 3.26. The highest BCUT2D eigenvalue weighted by atomic mass is 32.1. The van der Waals surface area contributed by atoms with E-state index in [0.717, 1.165) is 11.2 Å². The highest BCUT2D eigenvalue weighted by molar-refractivity contribution is 7.13. The molecule has 1 aromatic heterocycles. The first-order valence-electron chi connectivity index (χ1n) is 4.16. The van der Waals surface area contributed by atoms with Crippen molar-refractivity contribution in [3.05, 3.63) is 21.4 Å². The molecule has 0 atom stereocenters. The number of hydrogen-bond acceptors (Lipinski definition) is 3. The number of aldehydes is 1. The molecule has 1 rings (SSSR count). The summed E-state index contributed by atoms with van der Waals surface area (Å²) in [6, 6.07) is 1.68. The first-order valence-corrected chi connectivity index (χ1v) is 4.97. The predicted molar refractivity (Wildman–Crippen MR) is 53.6 cm³/mol. The van der Waals surface area contributed by atoms with Crippen LogP contribution in [-0.2, 0) is 0 Å². The Hall–Kier alpha value is -0.960. The highest BCUT2D eigenvalue weighted by Crippen LogP contribution is 2.22. The summed E-state index contributed by atoms with van der Waals surface area (Å²) in [5, 5.41) is 0. The standard InChI is InChI=1S/C10H12O2S/c1-6(2)10(12)9-4-8(5-11)13-7(9)3/h4-6H,1-3H3. The second-order valence-corrected chi connectivity index (χ2v) is 4.54. The number of aryl methyl sites for hydroxylation is 1. The van der Waals surface area contributed by atoms with Gasteiger partial charge < -0.3 is 0 Å². The Morgan fingerprint density at radius 3 is 2.54 bits per heavy atom. The lowest BCUT2D eigenvalue weighted by Gasteiger charge is -2.01. The van der Waals surface area contributed by atoms with Crippen molar-refractivity contribution in [2.45, 2.75) is 20.8 Å². The summed E-state index contributed by atoms with van der Waals surface area (Å²) in [4.78, 5) is 23.6. The number of thiophene rings is 1. The van der Waals surface area contributed by atoms with Crippen LogP contribution in [0.5, 0.6) is 0 Å². The molecular weight excluding hydrogens is 184 g/mol. The van der Waals surface area contributed by atoms with E-state index in [1.165, 1.54) is 11.3 Å². The molecule has 1 heterocycles. The zero-order valence-electron chi connectivity index (χ0n) is 7.96. The number of hydrogen-bond donors (Lipinski definition) is 0. The summed E-state index contributed by atoms with van der Waals surface area (Å²) >= 11 is 1.37. The minimum absolute atomic E-state index is 0.00666. The van der Waals surface area contributed by atoms with Gasteiger partial charge in [0.05, 0.1) is 4.88 Å². The minimum atomic E-state index is -0.00666. The normalized spacial score (nSPS) is 10.5. The van der Waals surface area contributed by atoms with Crippen LogP contribution < -0.4 is 0 Å². The lowest BCUT2D eigenvalue weighted by Crippen LogP contribution is -2.07. The summed E-state index contributed by atoms with van der Waals surface area (Å²) < 4.78 is 0. The van der Waals surface area contributed by atoms with E-state index in [9.17, 15) is 9.59 Å². The second kappa shape index (κ2) is 3.83. The van der Waals surface area contributed by atoms with Crippen molar-refractivity contribution >= 4 is 23.4 Å². The third-order valence-electron chi connectivity index (χ3n) is 1.84. The summed E-state index contributed by atoms with van der Waals surface area (Å²) in [6.07, 6.45) is 0.786. The van der Waals surface area contributed by atoms with Crippen LogP contribution in [0, 0.1) is 12.8 Å². The maximum absolute atomic E-state index is 11.6. The topological polar surface area (TPSA) is 34.1 Å². The third kappa shape index (κ3) is 2.04. The van der Waals surface area contributed by atoms with Crippen molar-refractivity contribution < 1.29 is 9.59 Å². The summed E-state index contributed by atoms with van der Waals surface area (Å²) in [5.41, 5.74) is 0.696. The van der Waals surface area contributed by atoms with Gasteiger partial charge in [-0.1, -0.05) is 13.8 Å². The van der Waals surface area contributed by atoms with Crippen molar-refractivity contribution in [2.24, 2.45) is 5.92 Å². The van der Waals surface area contributed by atoms with E-state index in [-0.39, 0.29) is 11.7 Å². The van der Waals surface area contributed by atoms with Gasteiger partial charge in [0.15, 0.2) is 12.1 Å². The van der Waals surface area contributed by atoms with Crippen molar-refractivity contribution in [3.8, 4) is 0 Å². The zero-order chi connectivity index (χ0) is 10.0. The molecule has 0 N–H and O–H groups in total. The first-order chi connectivity index (χ1) is 6.06. The molecule has 0 aliphatic rings. The predicted octanol–water partition coefficient (Wildman–Crippen LogP) is 2.71. The van der Waals surface area contributed by atoms with Crippen molar-refractivity contribution in [1.82, 2.24) is 0 Å². The molecule has 0 spiro atoms. The van der Waals surface area contributed by atoms with Crippen LogP contribution >= 0.6 is 11.3 Å². The van der Waals surface area contributed by atoms with Gasteiger partial charge in [0.1, 0.15) is 0 Å². The van der Waals surface area contributed by atoms with Gasteiger partial charge in [0.25, 0.3) is 0 Å². The maximum Gasteiger partial charge on any atom is 0.166 e. The van der Waals surface area contributed by atoms with Gasteiger partial charge in [0, 0.05) is 16.4 Å².